The Morgan fingerprint density at radius 2 is 2.00 bits per heavy atom. The average Bonchev–Trinajstić information content (AvgIpc) is 2.32. The van der Waals surface area contributed by atoms with Gasteiger partial charge >= 0.3 is 5.97 Å². The number of aliphatic hydroxyl groups is 1. The Hall–Kier alpha value is -1.39. The second kappa shape index (κ2) is 6.52. The predicted octanol–water partition coefficient (Wildman–Crippen LogP) is 1.79. The first kappa shape index (κ1) is 14.7. The molecule has 0 heterocycles. The molecule has 0 fully saturated rings. The lowest BCUT2D eigenvalue weighted by molar-refractivity contribution is -0.136. The number of rotatable bonds is 6. The highest BCUT2D eigenvalue weighted by Gasteiger charge is 2.19. The molecule has 0 spiro atoms. The van der Waals surface area contributed by atoms with Gasteiger partial charge in [0.25, 0.3) is 0 Å². The van der Waals surface area contributed by atoms with E-state index >= 15 is 0 Å². The monoisotopic (exact) mass is 251 g/mol. The van der Waals surface area contributed by atoms with E-state index in [-0.39, 0.29) is 12.6 Å². The zero-order valence-electron chi connectivity index (χ0n) is 11.1. The van der Waals surface area contributed by atoms with Crippen LogP contribution >= 0.6 is 0 Å². The van der Waals surface area contributed by atoms with Crippen LogP contribution in [0.1, 0.15) is 36.1 Å². The predicted molar refractivity (Wildman–Crippen MR) is 70.6 cm³/mol. The Balaban J connectivity index is 2.78. The minimum atomic E-state index is -0.916. The number of benzene rings is 1. The summed E-state index contributed by atoms with van der Waals surface area (Å²) in [6.45, 7) is 5.80. The molecule has 1 aromatic rings. The highest BCUT2D eigenvalue weighted by Crippen LogP contribution is 2.21. The fraction of sp³-hybridized carbons (Fsp3) is 0.500. The number of aryl methyl sites for hydroxylation is 2. The van der Waals surface area contributed by atoms with Gasteiger partial charge in [0.05, 0.1) is 12.6 Å². The second-order valence-electron chi connectivity index (χ2n) is 4.58. The van der Waals surface area contributed by atoms with E-state index in [0.717, 1.165) is 11.1 Å². The molecule has 1 rings (SSSR count). The summed E-state index contributed by atoms with van der Waals surface area (Å²) in [4.78, 5) is 10.5. The van der Waals surface area contributed by atoms with Gasteiger partial charge in [0.1, 0.15) is 0 Å². The molecule has 1 aromatic carbocycles. The van der Waals surface area contributed by atoms with E-state index in [1.165, 1.54) is 5.56 Å². The molecule has 0 saturated carbocycles. The standard InChI is InChI=1S/C14H21NO3/c1-4-12(15-8-13(16)17)14(18)11-6-5-9(2)10(3)7-11/h5-7,12,14-15,18H,4,8H2,1-3H3,(H,16,17). The summed E-state index contributed by atoms with van der Waals surface area (Å²) in [7, 11) is 0. The molecule has 4 nitrogen and oxygen atoms in total. The van der Waals surface area contributed by atoms with Crippen molar-refractivity contribution in [3.63, 3.8) is 0 Å². The molecule has 4 heteroatoms. The first-order valence-electron chi connectivity index (χ1n) is 6.16. The third kappa shape index (κ3) is 3.82. The van der Waals surface area contributed by atoms with Crippen LogP contribution in [0.2, 0.25) is 0 Å². The Morgan fingerprint density at radius 1 is 1.33 bits per heavy atom. The number of carboxylic acid groups (broad SMARTS) is 1. The molecule has 0 aliphatic carbocycles. The van der Waals surface area contributed by atoms with Crippen molar-refractivity contribution in [3.05, 3.63) is 34.9 Å². The number of carboxylic acids is 1. The smallest absolute Gasteiger partial charge is 0.317 e. The molecule has 3 N–H and O–H groups in total. The van der Waals surface area contributed by atoms with Crippen molar-refractivity contribution in [2.45, 2.75) is 39.3 Å². The van der Waals surface area contributed by atoms with Crippen molar-refractivity contribution >= 4 is 5.97 Å². The zero-order chi connectivity index (χ0) is 13.7. The lowest BCUT2D eigenvalue weighted by Gasteiger charge is -2.23. The number of aliphatic carboxylic acids is 1. The van der Waals surface area contributed by atoms with Crippen LogP contribution in [0.5, 0.6) is 0 Å². The van der Waals surface area contributed by atoms with Crippen LogP contribution in [0.4, 0.5) is 0 Å². The molecular weight excluding hydrogens is 230 g/mol. The van der Waals surface area contributed by atoms with Gasteiger partial charge < -0.3 is 15.5 Å². The van der Waals surface area contributed by atoms with Crippen molar-refractivity contribution in [2.75, 3.05) is 6.54 Å². The van der Waals surface area contributed by atoms with Crippen LogP contribution in [-0.2, 0) is 4.79 Å². The molecular formula is C14H21NO3. The van der Waals surface area contributed by atoms with Crippen molar-refractivity contribution < 1.29 is 15.0 Å². The van der Waals surface area contributed by atoms with Gasteiger partial charge in [-0.25, -0.2) is 0 Å². The SMILES string of the molecule is CCC(NCC(=O)O)C(O)c1ccc(C)c(C)c1. The van der Waals surface area contributed by atoms with Gasteiger partial charge in [0.15, 0.2) is 0 Å². The van der Waals surface area contributed by atoms with Gasteiger partial charge in [-0.3, -0.25) is 4.79 Å². The molecule has 0 aliphatic heterocycles. The average molecular weight is 251 g/mol. The van der Waals surface area contributed by atoms with E-state index in [4.69, 9.17) is 5.11 Å². The minimum absolute atomic E-state index is 0.138. The Morgan fingerprint density at radius 3 is 2.50 bits per heavy atom. The highest BCUT2D eigenvalue weighted by molar-refractivity contribution is 5.69. The fourth-order valence-electron chi connectivity index (χ4n) is 1.88. The molecule has 0 aromatic heterocycles. The van der Waals surface area contributed by atoms with Crippen LogP contribution in [0, 0.1) is 13.8 Å². The first-order chi connectivity index (χ1) is 8.45. The molecule has 18 heavy (non-hydrogen) atoms. The molecule has 2 unspecified atom stereocenters. The fourth-order valence-corrected chi connectivity index (χ4v) is 1.88. The van der Waals surface area contributed by atoms with E-state index < -0.39 is 12.1 Å². The minimum Gasteiger partial charge on any atom is -0.480 e. The van der Waals surface area contributed by atoms with Crippen molar-refractivity contribution in [2.24, 2.45) is 0 Å². The number of aliphatic hydroxyl groups excluding tert-OH is 1. The first-order valence-corrected chi connectivity index (χ1v) is 6.16. The van der Waals surface area contributed by atoms with Gasteiger partial charge in [0, 0.05) is 6.04 Å². The third-order valence-corrected chi connectivity index (χ3v) is 3.21. The topological polar surface area (TPSA) is 69.6 Å². The number of carbonyl (C=O) groups is 1. The molecule has 100 valence electrons. The lowest BCUT2D eigenvalue weighted by Crippen LogP contribution is -2.37. The van der Waals surface area contributed by atoms with Gasteiger partial charge in [-0.1, -0.05) is 25.1 Å². The maximum atomic E-state index is 10.5. The molecule has 2 atom stereocenters. The molecule has 0 saturated heterocycles. The van der Waals surface area contributed by atoms with Crippen LogP contribution in [0.25, 0.3) is 0 Å². The maximum Gasteiger partial charge on any atom is 0.317 e. The summed E-state index contributed by atoms with van der Waals surface area (Å²) < 4.78 is 0. The second-order valence-corrected chi connectivity index (χ2v) is 4.58. The number of hydrogen-bond acceptors (Lipinski definition) is 3. The molecule has 0 amide bonds. The van der Waals surface area contributed by atoms with Crippen LogP contribution in [-0.4, -0.2) is 28.8 Å². The summed E-state index contributed by atoms with van der Waals surface area (Å²) in [5.41, 5.74) is 3.12. The van der Waals surface area contributed by atoms with Crippen LogP contribution in [0.15, 0.2) is 18.2 Å². The van der Waals surface area contributed by atoms with Crippen LogP contribution < -0.4 is 5.32 Å². The van der Waals surface area contributed by atoms with E-state index in [9.17, 15) is 9.90 Å². The summed E-state index contributed by atoms with van der Waals surface area (Å²) in [6.07, 6.45) is -0.0184. The lowest BCUT2D eigenvalue weighted by atomic mass is 9.97. The Kier molecular flexibility index (Phi) is 5.31. The molecule has 0 radical (unpaired) electrons. The Labute approximate surface area is 108 Å². The molecule has 0 bridgehead atoms. The van der Waals surface area contributed by atoms with Crippen LogP contribution in [0.3, 0.4) is 0 Å². The van der Waals surface area contributed by atoms with Gasteiger partial charge in [-0.15, -0.1) is 0 Å². The summed E-state index contributed by atoms with van der Waals surface area (Å²) in [5, 5.41) is 21.8. The summed E-state index contributed by atoms with van der Waals surface area (Å²) in [5.74, 6) is -0.916. The van der Waals surface area contributed by atoms with Gasteiger partial charge in [-0.2, -0.15) is 0 Å². The normalized spacial score (nSPS) is 14.2. The largest absolute Gasteiger partial charge is 0.480 e. The summed E-state index contributed by atoms with van der Waals surface area (Å²) >= 11 is 0. The number of hydrogen-bond donors (Lipinski definition) is 3. The summed E-state index contributed by atoms with van der Waals surface area (Å²) in [6, 6.07) is 5.56. The highest BCUT2D eigenvalue weighted by atomic mass is 16.4. The maximum absolute atomic E-state index is 10.5. The van der Waals surface area contributed by atoms with Crippen molar-refractivity contribution in [1.82, 2.24) is 5.32 Å². The van der Waals surface area contributed by atoms with Crippen molar-refractivity contribution in [1.29, 1.82) is 0 Å². The Bertz CT molecular complexity index is 418. The van der Waals surface area contributed by atoms with E-state index in [0.29, 0.717) is 6.42 Å². The van der Waals surface area contributed by atoms with E-state index in [1.807, 2.05) is 39.0 Å². The van der Waals surface area contributed by atoms with Gasteiger partial charge in [0.2, 0.25) is 0 Å². The van der Waals surface area contributed by atoms with Crippen molar-refractivity contribution in [3.8, 4) is 0 Å². The number of nitrogens with one attached hydrogen (secondary N) is 1. The van der Waals surface area contributed by atoms with Gasteiger partial charge in [-0.05, 0) is 37.0 Å². The zero-order valence-corrected chi connectivity index (χ0v) is 11.1. The molecule has 0 aliphatic rings. The quantitative estimate of drug-likeness (QED) is 0.721. The van der Waals surface area contributed by atoms with E-state index in [2.05, 4.69) is 5.32 Å². The third-order valence-electron chi connectivity index (χ3n) is 3.21. The van der Waals surface area contributed by atoms with E-state index in [1.54, 1.807) is 0 Å².